The first-order valence-corrected chi connectivity index (χ1v) is 14.2. The third-order valence-corrected chi connectivity index (χ3v) is 8.41. The van der Waals surface area contributed by atoms with Gasteiger partial charge in [0.05, 0.1) is 20.8 Å². The molecule has 0 radical (unpaired) electrons. The summed E-state index contributed by atoms with van der Waals surface area (Å²) in [6.45, 7) is 1.48. The maximum atomic E-state index is 12.8. The molecule has 214 valence electrons. The Balaban J connectivity index is 1.83. The van der Waals surface area contributed by atoms with Crippen LogP contribution in [0.3, 0.4) is 0 Å². The zero-order valence-electron chi connectivity index (χ0n) is 21.6. The Hall–Kier alpha value is -2.77. The van der Waals surface area contributed by atoms with E-state index in [9.17, 15) is 22.8 Å². The number of hydrogen-bond acceptors (Lipinski definition) is 7. The fraction of sp³-hybridized carbons (Fsp3) is 0.296. The number of benzene rings is 2. The van der Waals surface area contributed by atoms with Crippen molar-refractivity contribution in [2.24, 2.45) is 0 Å². The van der Waals surface area contributed by atoms with Gasteiger partial charge in [-0.05, 0) is 85.8 Å². The lowest BCUT2D eigenvalue weighted by atomic mass is 10.1. The highest BCUT2D eigenvalue weighted by Crippen LogP contribution is 2.41. The molecule has 13 heteroatoms. The topological polar surface area (TPSA) is 86.8 Å². The van der Waals surface area contributed by atoms with Crippen LogP contribution in [0.2, 0.25) is 0 Å². The molecule has 1 atom stereocenters. The number of ether oxygens (including phenoxy) is 3. The summed E-state index contributed by atoms with van der Waals surface area (Å²) in [5, 5.41) is 1.73. The monoisotopic (exact) mass is 704 g/mol. The van der Waals surface area contributed by atoms with Gasteiger partial charge in [-0.2, -0.15) is 13.2 Å². The van der Waals surface area contributed by atoms with Crippen molar-refractivity contribution in [2.45, 2.75) is 41.8 Å². The molecule has 0 spiro atoms. The van der Waals surface area contributed by atoms with Crippen molar-refractivity contribution >= 4 is 55.5 Å². The third kappa shape index (κ3) is 8.61. The molecule has 1 amide bonds. The van der Waals surface area contributed by atoms with Gasteiger partial charge in [-0.15, -0.1) is 0 Å². The molecule has 7 nitrogen and oxygen atoms in total. The number of halogens is 5. The number of carbonyl (C=O) groups is 2. The zero-order chi connectivity index (χ0) is 29.4. The predicted octanol–water partition coefficient (Wildman–Crippen LogP) is 6.52. The molecule has 0 saturated carbocycles. The van der Waals surface area contributed by atoms with Gasteiger partial charge in [0.25, 0.3) is 0 Å². The molecular weight excluding hydrogens is 681 g/mol. The largest absolute Gasteiger partial charge is 0.496 e. The van der Waals surface area contributed by atoms with Crippen LogP contribution in [0.4, 0.5) is 13.2 Å². The molecule has 3 rings (SSSR count). The summed E-state index contributed by atoms with van der Waals surface area (Å²) in [4.78, 5) is 29.7. The molecule has 0 saturated heterocycles. The molecule has 0 aliphatic heterocycles. The van der Waals surface area contributed by atoms with E-state index in [4.69, 9.17) is 14.2 Å². The van der Waals surface area contributed by atoms with Crippen molar-refractivity contribution in [2.75, 3.05) is 20.8 Å². The van der Waals surface area contributed by atoms with Gasteiger partial charge in [0.1, 0.15) is 11.8 Å². The molecule has 0 aliphatic rings. The summed E-state index contributed by atoms with van der Waals surface area (Å²) in [7, 11) is 3.16. The SMILES string of the molecule is CCOC(=O)[C@H](Cc1cc(Br)c(Sc2ccc(OC)c(Cc3ccc(OC)nc3)c2)c(Br)c1)NC(=O)C(F)(F)F. The van der Waals surface area contributed by atoms with Crippen LogP contribution >= 0.6 is 43.6 Å². The number of esters is 1. The van der Waals surface area contributed by atoms with E-state index >= 15 is 0 Å². The molecule has 0 fully saturated rings. The Morgan fingerprint density at radius 3 is 2.27 bits per heavy atom. The van der Waals surface area contributed by atoms with Crippen LogP contribution in [-0.2, 0) is 27.2 Å². The number of carbonyl (C=O) groups excluding carboxylic acids is 2. The highest BCUT2D eigenvalue weighted by molar-refractivity contribution is 9.11. The number of rotatable bonds is 11. The lowest BCUT2D eigenvalue weighted by Crippen LogP contribution is -2.48. The second-order valence-corrected chi connectivity index (χ2v) is 11.1. The van der Waals surface area contributed by atoms with Crippen molar-refractivity contribution in [3.63, 3.8) is 0 Å². The molecule has 1 N–H and O–H groups in total. The van der Waals surface area contributed by atoms with Crippen molar-refractivity contribution in [3.05, 3.63) is 74.3 Å². The number of hydrogen-bond donors (Lipinski definition) is 1. The minimum atomic E-state index is -5.13. The Labute approximate surface area is 250 Å². The van der Waals surface area contributed by atoms with Gasteiger partial charge in [-0.25, -0.2) is 9.78 Å². The van der Waals surface area contributed by atoms with Crippen LogP contribution in [0, 0.1) is 0 Å². The van der Waals surface area contributed by atoms with Crippen LogP contribution in [0.5, 0.6) is 11.6 Å². The van der Waals surface area contributed by atoms with E-state index in [0.29, 0.717) is 26.8 Å². The van der Waals surface area contributed by atoms with E-state index in [0.717, 1.165) is 26.7 Å². The smallest absolute Gasteiger partial charge is 0.471 e. The molecule has 1 aromatic heterocycles. The van der Waals surface area contributed by atoms with E-state index in [2.05, 4.69) is 36.8 Å². The number of nitrogens with zero attached hydrogens (tertiary/aromatic N) is 1. The molecular formula is C27H25Br2F3N2O5S. The summed E-state index contributed by atoms with van der Waals surface area (Å²) >= 11 is 8.51. The molecule has 0 bridgehead atoms. The second-order valence-electron chi connectivity index (χ2n) is 8.33. The van der Waals surface area contributed by atoms with Gasteiger partial charge in [0.15, 0.2) is 0 Å². The second kappa shape index (κ2) is 14.2. The van der Waals surface area contributed by atoms with Gasteiger partial charge >= 0.3 is 18.1 Å². The van der Waals surface area contributed by atoms with Gasteiger partial charge in [0.2, 0.25) is 5.88 Å². The minimum Gasteiger partial charge on any atom is -0.496 e. The first-order valence-electron chi connectivity index (χ1n) is 11.8. The van der Waals surface area contributed by atoms with Crippen LogP contribution in [0.15, 0.2) is 67.4 Å². The minimum absolute atomic E-state index is 0.0426. The van der Waals surface area contributed by atoms with E-state index in [-0.39, 0.29) is 13.0 Å². The van der Waals surface area contributed by atoms with Crippen molar-refractivity contribution in [3.8, 4) is 11.6 Å². The van der Waals surface area contributed by atoms with Crippen molar-refractivity contribution < 1.29 is 37.0 Å². The zero-order valence-corrected chi connectivity index (χ0v) is 25.6. The number of methoxy groups -OCH3 is 2. The summed E-state index contributed by atoms with van der Waals surface area (Å²) in [6.07, 6.45) is -3.02. The van der Waals surface area contributed by atoms with Gasteiger partial charge in [-0.3, -0.25) is 4.79 Å². The molecule has 0 aliphatic carbocycles. The first kappa shape index (κ1) is 31.8. The predicted molar refractivity (Wildman–Crippen MR) is 151 cm³/mol. The van der Waals surface area contributed by atoms with Gasteiger partial charge in [-0.1, -0.05) is 17.8 Å². The van der Waals surface area contributed by atoms with E-state index in [1.165, 1.54) is 18.7 Å². The Bertz CT molecular complexity index is 1330. The van der Waals surface area contributed by atoms with E-state index in [1.54, 1.807) is 43.9 Å². The molecule has 2 aromatic carbocycles. The van der Waals surface area contributed by atoms with E-state index in [1.807, 2.05) is 24.3 Å². The molecule has 40 heavy (non-hydrogen) atoms. The third-order valence-electron chi connectivity index (χ3n) is 5.50. The Kier molecular flexibility index (Phi) is 11.3. The number of aromatic nitrogens is 1. The van der Waals surface area contributed by atoms with E-state index < -0.39 is 24.1 Å². The highest BCUT2D eigenvalue weighted by Gasteiger charge is 2.41. The Morgan fingerprint density at radius 2 is 1.73 bits per heavy atom. The van der Waals surface area contributed by atoms with Crippen molar-refractivity contribution in [1.82, 2.24) is 10.3 Å². The van der Waals surface area contributed by atoms with Crippen molar-refractivity contribution in [1.29, 1.82) is 0 Å². The van der Waals surface area contributed by atoms with Gasteiger partial charge in [0, 0.05) is 43.8 Å². The fourth-order valence-electron chi connectivity index (χ4n) is 3.67. The fourth-order valence-corrected chi connectivity index (χ4v) is 6.32. The first-order chi connectivity index (χ1) is 18.9. The molecule has 3 aromatic rings. The number of alkyl halides is 3. The number of amides is 1. The maximum absolute atomic E-state index is 12.8. The van der Waals surface area contributed by atoms with Gasteiger partial charge < -0.3 is 19.5 Å². The summed E-state index contributed by atoms with van der Waals surface area (Å²) < 4.78 is 55.3. The van der Waals surface area contributed by atoms with Crippen LogP contribution < -0.4 is 14.8 Å². The quantitative estimate of drug-likeness (QED) is 0.228. The standard InChI is InChI=1S/C27H25Br2F3N2O5S/c1-4-39-25(35)21(34-26(36)27(30,31)32)12-16-10-19(28)24(20(29)11-16)40-18-6-7-22(37-2)17(13-18)9-15-5-8-23(38-3)33-14-15/h5-8,10-11,13-14,21H,4,9,12H2,1-3H3,(H,34,36)/t21-/m0/s1. The Morgan fingerprint density at radius 1 is 1.02 bits per heavy atom. The number of nitrogens with one attached hydrogen (secondary N) is 1. The summed E-state index contributed by atoms with van der Waals surface area (Å²) in [5.74, 6) is -1.92. The summed E-state index contributed by atoms with van der Waals surface area (Å²) in [5.41, 5.74) is 2.42. The maximum Gasteiger partial charge on any atom is 0.471 e. The highest BCUT2D eigenvalue weighted by atomic mass is 79.9. The average molecular weight is 706 g/mol. The lowest BCUT2D eigenvalue weighted by Gasteiger charge is -2.19. The molecule has 1 heterocycles. The van der Waals surface area contributed by atoms with Crippen LogP contribution in [0.1, 0.15) is 23.6 Å². The average Bonchev–Trinajstić information content (AvgIpc) is 2.90. The lowest BCUT2D eigenvalue weighted by molar-refractivity contribution is -0.175. The summed E-state index contributed by atoms with van der Waals surface area (Å²) in [6, 6.07) is 11.4. The van der Waals surface area contributed by atoms with Crippen LogP contribution in [0.25, 0.3) is 0 Å². The van der Waals surface area contributed by atoms with Crippen LogP contribution in [-0.4, -0.2) is 49.9 Å². The number of pyridine rings is 1. The normalized spacial score (nSPS) is 12.0. The molecule has 0 unspecified atom stereocenters.